The van der Waals surface area contributed by atoms with Crippen LogP contribution in [0.25, 0.3) is 49.0 Å². The minimum Gasteiger partial charge on any atom is -0.310 e. The molecule has 9 aromatic carbocycles. The first kappa shape index (κ1) is 47.0. The van der Waals surface area contributed by atoms with E-state index < -0.39 is 16.1 Å². The van der Waals surface area contributed by atoms with Gasteiger partial charge in [0.15, 0.2) is 0 Å². The van der Waals surface area contributed by atoms with Gasteiger partial charge in [-0.3, -0.25) is 0 Å². The number of anilines is 6. The van der Waals surface area contributed by atoms with Crippen LogP contribution in [0, 0.1) is 6.92 Å². The molecule has 10 rings (SSSR count). The number of benzene rings is 9. The molecule has 0 fully saturated rings. The number of hydrogen-bond acceptors (Lipinski definition) is 2. The fourth-order valence-corrected chi connectivity index (χ4v) is 12.7. The molecule has 0 atom stereocenters. The highest BCUT2D eigenvalue weighted by Gasteiger charge is 2.28. The van der Waals surface area contributed by atoms with E-state index in [-0.39, 0.29) is 10.8 Å². The van der Waals surface area contributed by atoms with Gasteiger partial charge in [-0.1, -0.05) is 200 Å². The second-order valence-electron chi connectivity index (χ2n) is 23.7. The van der Waals surface area contributed by atoms with Gasteiger partial charge in [-0.05, 0) is 118 Å². The Morgan fingerprint density at radius 1 is 0.371 bits per heavy atom. The van der Waals surface area contributed by atoms with Crippen molar-refractivity contribution in [3.63, 3.8) is 0 Å². The average molecular weight is 948 g/mol. The standard InChI is InChI=1S/C65H69N3Si2/c1-44-19-18-20-51(41-44)68-60-42-58(66(47-29-25-45(26-30-47)64(2,3)4)49-33-37-52(38-34-49)69(8,9)10)54-21-14-16-23-56(54)62(60)63-57-24-17-15-22-55(57)59(43-61(63)68)67(48-31-27-46(28-32-48)65(5,6)7)50-35-39-53(40-36-50)70(11,12)13/h14-43H,1-13H3. The highest BCUT2D eigenvalue weighted by molar-refractivity contribution is 6.89. The van der Waals surface area contributed by atoms with Crippen LogP contribution in [0.2, 0.25) is 39.3 Å². The van der Waals surface area contributed by atoms with Gasteiger partial charge in [0.2, 0.25) is 0 Å². The zero-order chi connectivity index (χ0) is 49.5. The summed E-state index contributed by atoms with van der Waals surface area (Å²) in [7, 11) is -3.10. The lowest BCUT2D eigenvalue weighted by Crippen LogP contribution is -2.37. The molecule has 70 heavy (non-hydrogen) atoms. The first-order valence-electron chi connectivity index (χ1n) is 25.2. The summed E-state index contributed by atoms with van der Waals surface area (Å²) in [6, 6.07) is 69.6. The van der Waals surface area contributed by atoms with Crippen LogP contribution in [-0.4, -0.2) is 20.7 Å². The minimum absolute atomic E-state index is 0.0349. The zero-order valence-corrected chi connectivity index (χ0v) is 45.7. The first-order chi connectivity index (χ1) is 33.2. The minimum atomic E-state index is -1.55. The fraction of sp³-hybridized carbons (Fsp3) is 0.231. The zero-order valence-electron chi connectivity index (χ0n) is 43.7. The van der Waals surface area contributed by atoms with Gasteiger partial charge in [0, 0.05) is 50.0 Å². The van der Waals surface area contributed by atoms with Crippen LogP contribution in [0.1, 0.15) is 58.2 Å². The first-order valence-corrected chi connectivity index (χ1v) is 32.2. The summed E-state index contributed by atoms with van der Waals surface area (Å²) in [6.07, 6.45) is 0. The molecule has 0 spiro atoms. The van der Waals surface area contributed by atoms with Crippen molar-refractivity contribution in [2.75, 3.05) is 9.80 Å². The summed E-state index contributed by atoms with van der Waals surface area (Å²) in [5.74, 6) is 0. The maximum absolute atomic E-state index is 2.55. The van der Waals surface area contributed by atoms with E-state index in [2.05, 4.69) is 284 Å². The van der Waals surface area contributed by atoms with Crippen molar-refractivity contribution in [2.45, 2.75) is 98.6 Å². The van der Waals surface area contributed by atoms with Crippen LogP contribution < -0.4 is 20.2 Å². The third-order valence-corrected chi connectivity index (χ3v) is 18.6. The number of rotatable bonds is 9. The number of aryl methyl sites for hydroxylation is 1. The van der Waals surface area contributed by atoms with E-state index in [1.54, 1.807) is 0 Å². The third kappa shape index (κ3) is 8.58. The van der Waals surface area contributed by atoms with E-state index in [1.165, 1.54) is 70.4 Å². The van der Waals surface area contributed by atoms with E-state index in [0.29, 0.717) is 0 Å². The topological polar surface area (TPSA) is 11.4 Å². The molecule has 0 radical (unpaired) electrons. The lowest BCUT2D eigenvalue weighted by molar-refractivity contribution is 0.590. The number of aromatic nitrogens is 1. The van der Waals surface area contributed by atoms with Crippen molar-refractivity contribution in [3.05, 3.63) is 199 Å². The molecular formula is C65H69N3Si2. The Bertz CT molecular complexity index is 3230. The average Bonchev–Trinajstić information content (AvgIpc) is 3.66. The van der Waals surface area contributed by atoms with Crippen molar-refractivity contribution < 1.29 is 0 Å². The summed E-state index contributed by atoms with van der Waals surface area (Å²) in [5.41, 5.74) is 14.3. The molecule has 5 heteroatoms. The highest BCUT2D eigenvalue weighted by Crippen LogP contribution is 2.50. The van der Waals surface area contributed by atoms with Gasteiger partial charge in [0.05, 0.1) is 38.6 Å². The number of fused-ring (bicyclic) bond motifs is 7. The number of nitrogens with zero attached hydrogens (tertiary/aromatic N) is 3. The molecule has 352 valence electrons. The van der Waals surface area contributed by atoms with E-state index in [4.69, 9.17) is 0 Å². The fourth-order valence-electron chi connectivity index (χ4n) is 10.4. The second kappa shape index (κ2) is 17.3. The molecular weight excluding hydrogens is 879 g/mol. The van der Waals surface area contributed by atoms with E-state index in [0.717, 1.165) is 39.8 Å². The monoisotopic (exact) mass is 948 g/mol. The molecule has 10 aromatic rings. The van der Waals surface area contributed by atoms with Gasteiger partial charge < -0.3 is 14.4 Å². The van der Waals surface area contributed by atoms with Gasteiger partial charge >= 0.3 is 0 Å². The molecule has 0 amide bonds. The van der Waals surface area contributed by atoms with Crippen LogP contribution in [0.3, 0.4) is 0 Å². The Morgan fingerprint density at radius 2 is 0.714 bits per heavy atom. The van der Waals surface area contributed by atoms with Gasteiger partial charge in [-0.2, -0.15) is 0 Å². The van der Waals surface area contributed by atoms with Crippen molar-refractivity contribution in [2.24, 2.45) is 0 Å². The Balaban J connectivity index is 1.33. The molecule has 0 aliphatic rings. The van der Waals surface area contributed by atoms with Crippen LogP contribution >= 0.6 is 0 Å². The molecule has 0 unspecified atom stereocenters. The van der Waals surface area contributed by atoms with E-state index in [1.807, 2.05) is 0 Å². The summed E-state index contributed by atoms with van der Waals surface area (Å²) in [6.45, 7) is 30.5. The normalized spacial score (nSPS) is 12.6. The van der Waals surface area contributed by atoms with E-state index in [9.17, 15) is 0 Å². The quantitative estimate of drug-likeness (QED) is 0.134. The predicted octanol–water partition coefficient (Wildman–Crippen LogP) is 18.0. The molecule has 0 saturated carbocycles. The summed E-state index contributed by atoms with van der Waals surface area (Å²) < 4.78 is 2.55. The summed E-state index contributed by atoms with van der Waals surface area (Å²) >= 11 is 0. The maximum atomic E-state index is 2.55. The Morgan fingerprint density at radius 3 is 1.04 bits per heavy atom. The van der Waals surface area contributed by atoms with Crippen molar-refractivity contribution in [3.8, 4) is 5.69 Å². The number of hydrogen-bond donors (Lipinski definition) is 0. The van der Waals surface area contributed by atoms with Gasteiger partial charge in [0.25, 0.3) is 0 Å². The third-order valence-electron chi connectivity index (χ3n) is 14.4. The molecule has 1 heterocycles. The Labute approximate surface area is 419 Å². The van der Waals surface area contributed by atoms with Crippen LogP contribution in [0.15, 0.2) is 182 Å². The second-order valence-corrected chi connectivity index (χ2v) is 33.9. The van der Waals surface area contributed by atoms with E-state index >= 15 is 0 Å². The van der Waals surface area contributed by atoms with Crippen LogP contribution in [-0.2, 0) is 10.8 Å². The molecule has 0 bridgehead atoms. The van der Waals surface area contributed by atoms with Gasteiger partial charge in [-0.25, -0.2) is 0 Å². The lowest BCUT2D eigenvalue weighted by atomic mass is 9.87. The lowest BCUT2D eigenvalue weighted by Gasteiger charge is -2.29. The van der Waals surface area contributed by atoms with Gasteiger partial charge in [-0.15, -0.1) is 0 Å². The SMILES string of the molecule is Cc1cccc(-n2c3cc(N(c4ccc(C(C)(C)C)cc4)c4ccc([Si](C)(C)C)cc4)c4ccccc4c3c3c4ccccc4c(N(c4ccc(C(C)(C)C)cc4)c4ccc([Si](C)(C)C)cc4)cc32)c1. The predicted molar refractivity (Wildman–Crippen MR) is 313 cm³/mol. The van der Waals surface area contributed by atoms with Crippen LogP contribution in [0.5, 0.6) is 0 Å². The highest BCUT2D eigenvalue weighted by atomic mass is 28.3. The molecule has 3 nitrogen and oxygen atoms in total. The maximum Gasteiger partial charge on any atom is 0.0775 e. The van der Waals surface area contributed by atoms with Crippen molar-refractivity contribution in [1.82, 2.24) is 4.57 Å². The Hall–Kier alpha value is -6.67. The molecule has 0 saturated heterocycles. The molecule has 0 aliphatic heterocycles. The van der Waals surface area contributed by atoms with Crippen molar-refractivity contribution in [1.29, 1.82) is 0 Å². The summed E-state index contributed by atoms with van der Waals surface area (Å²) in [5, 5.41) is 10.3. The Kier molecular flexibility index (Phi) is 11.6. The molecule has 0 aliphatic carbocycles. The molecule has 1 aromatic heterocycles. The van der Waals surface area contributed by atoms with Gasteiger partial charge in [0.1, 0.15) is 0 Å². The van der Waals surface area contributed by atoms with Crippen LogP contribution in [0.4, 0.5) is 34.1 Å². The molecule has 0 N–H and O–H groups in total. The van der Waals surface area contributed by atoms with Crippen molar-refractivity contribution >= 4 is 104 Å². The largest absolute Gasteiger partial charge is 0.310 e. The summed E-state index contributed by atoms with van der Waals surface area (Å²) in [4.78, 5) is 4.99. The smallest absolute Gasteiger partial charge is 0.0775 e.